The highest BCUT2D eigenvalue weighted by molar-refractivity contribution is 5.37. The summed E-state index contributed by atoms with van der Waals surface area (Å²) in [5, 5.41) is 0. The van der Waals surface area contributed by atoms with Gasteiger partial charge in [-0.1, -0.05) is 18.2 Å². The summed E-state index contributed by atoms with van der Waals surface area (Å²) in [6, 6.07) is 6.43. The molecule has 64 valence electrons. The van der Waals surface area contributed by atoms with E-state index in [0.717, 1.165) is 0 Å². The van der Waals surface area contributed by atoms with Gasteiger partial charge in [-0.05, 0) is 11.6 Å². The summed E-state index contributed by atoms with van der Waals surface area (Å²) in [5.74, 6) is -0.257. The zero-order chi connectivity index (χ0) is 8.81. The summed E-state index contributed by atoms with van der Waals surface area (Å²) in [4.78, 5) is 9.76. The third-order valence-electron chi connectivity index (χ3n) is 1.52. The molecule has 0 aromatic heterocycles. The Morgan fingerprint density at radius 1 is 1.42 bits per heavy atom. The molecule has 3 heteroatoms. The molecule has 0 fully saturated rings. The van der Waals surface area contributed by atoms with Crippen molar-refractivity contribution in [3.63, 3.8) is 0 Å². The molecule has 1 aromatic rings. The van der Waals surface area contributed by atoms with Crippen LogP contribution in [0.2, 0.25) is 0 Å². The first-order chi connectivity index (χ1) is 5.84. The van der Waals surface area contributed by atoms with Gasteiger partial charge in [-0.15, -0.1) is 0 Å². The van der Waals surface area contributed by atoms with Crippen LogP contribution in [0.1, 0.15) is 5.56 Å². The van der Waals surface area contributed by atoms with Crippen molar-refractivity contribution in [1.29, 1.82) is 0 Å². The molecule has 0 unspecified atom stereocenters. The van der Waals surface area contributed by atoms with Gasteiger partial charge in [0.25, 0.3) is 6.47 Å². The van der Waals surface area contributed by atoms with E-state index in [2.05, 4.69) is 4.74 Å². The van der Waals surface area contributed by atoms with Crippen molar-refractivity contribution in [1.82, 2.24) is 0 Å². The summed E-state index contributed by atoms with van der Waals surface area (Å²) in [6.07, 6.45) is 0.422. The van der Waals surface area contributed by atoms with Gasteiger partial charge in [0.05, 0.1) is 6.61 Å². The number of benzene rings is 1. The van der Waals surface area contributed by atoms with Crippen LogP contribution in [0.5, 0.6) is 0 Å². The van der Waals surface area contributed by atoms with Gasteiger partial charge >= 0.3 is 0 Å². The third-order valence-corrected chi connectivity index (χ3v) is 1.52. The van der Waals surface area contributed by atoms with Crippen LogP contribution in [0.4, 0.5) is 4.39 Å². The zero-order valence-electron chi connectivity index (χ0n) is 6.50. The van der Waals surface area contributed by atoms with Crippen LogP contribution < -0.4 is 0 Å². The summed E-state index contributed by atoms with van der Waals surface area (Å²) < 4.78 is 17.3. The van der Waals surface area contributed by atoms with Crippen molar-refractivity contribution in [3.8, 4) is 0 Å². The van der Waals surface area contributed by atoms with Crippen LogP contribution in [0.3, 0.4) is 0 Å². The van der Waals surface area contributed by atoms with Crippen LogP contribution in [0, 0.1) is 5.82 Å². The standard InChI is InChI=1S/C9H9FO2/c10-9-4-2-1-3-8(9)5-6-12-7-11/h1-4,7H,5-6H2. The minimum atomic E-state index is -0.257. The maximum Gasteiger partial charge on any atom is 0.293 e. The van der Waals surface area contributed by atoms with E-state index in [4.69, 9.17) is 0 Å². The molecular weight excluding hydrogens is 159 g/mol. The van der Waals surface area contributed by atoms with E-state index in [1.807, 2.05) is 0 Å². The number of ether oxygens (including phenoxy) is 1. The first-order valence-corrected chi connectivity index (χ1v) is 3.63. The van der Waals surface area contributed by atoms with Crippen LogP contribution in [-0.4, -0.2) is 13.1 Å². The molecule has 0 spiro atoms. The highest BCUT2D eigenvalue weighted by atomic mass is 19.1. The molecular formula is C9H9FO2. The van der Waals surface area contributed by atoms with Crippen molar-refractivity contribution in [2.24, 2.45) is 0 Å². The van der Waals surface area contributed by atoms with Crippen molar-refractivity contribution < 1.29 is 13.9 Å². The first-order valence-electron chi connectivity index (χ1n) is 3.63. The number of carbonyl (C=O) groups is 1. The number of carbonyl (C=O) groups excluding carboxylic acids is 1. The van der Waals surface area contributed by atoms with Gasteiger partial charge in [0.15, 0.2) is 0 Å². The van der Waals surface area contributed by atoms with Gasteiger partial charge in [-0.2, -0.15) is 0 Å². The van der Waals surface area contributed by atoms with Gasteiger partial charge in [-0.3, -0.25) is 4.79 Å². The summed E-state index contributed by atoms with van der Waals surface area (Å²) in [6.45, 7) is 0.589. The van der Waals surface area contributed by atoms with Crippen molar-refractivity contribution in [2.45, 2.75) is 6.42 Å². The highest BCUT2D eigenvalue weighted by Gasteiger charge is 1.98. The lowest BCUT2D eigenvalue weighted by Crippen LogP contribution is -1.98. The van der Waals surface area contributed by atoms with Crippen LogP contribution in [-0.2, 0) is 16.0 Å². The molecule has 0 N–H and O–H groups in total. The quantitative estimate of drug-likeness (QED) is 0.503. The Morgan fingerprint density at radius 2 is 2.17 bits per heavy atom. The van der Waals surface area contributed by atoms with Gasteiger partial charge in [0.1, 0.15) is 5.82 Å². The lowest BCUT2D eigenvalue weighted by molar-refractivity contribution is -0.128. The molecule has 0 aliphatic rings. The normalized spacial score (nSPS) is 9.42. The fourth-order valence-electron chi connectivity index (χ4n) is 0.918. The van der Waals surface area contributed by atoms with Crippen LogP contribution in [0.15, 0.2) is 24.3 Å². The second-order valence-electron chi connectivity index (χ2n) is 2.31. The highest BCUT2D eigenvalue weighted by Crippen LogP contribution is 2.06. The SMILES string of the molecule is O=COCCc1ccccc1F. The molecule has 2 nitrogen and oxygen atoms in total. The number of halogens is 1. The van der Waals surface area contributed by atoms with Crippen molar-refractivity contribution in [3.05, 3.63) is 35.6 Å². The summed E-state index contributed by atoms with van der Waals surface area (Å²) in [5.41, 5.74) is 0.569. The first kappa shape index (κ1) is 8.71. The van der Waals surface area contributed by atoms with E-state index in [-0.39, 0.29) is 12.4 Å². The van der Waals surface area contributed by atoms with Crippen LogP contribution in [0.25, 0.3) is 0 Å². The molecule has 0 bridgehead atoms. The van der Waals surface area contributed by atoms with Gasteiger partial charge < -0.3 is 4.74 Å². The molecule has 0 radical (unpaired) electrons. The fourth-order valence-corrected chi connectivity index (χ4v) is 0.918. The predicted molar refractivity (Wildman–Crippen MR) is 42.1 cm³/mol. The Bertz CT molecular complexity index is 260. The van der Waals surface area contributed by atoms with E-state index in [9.17, 15) is 9.18 Å². The average Bonchev–Trinajstić information content (AvgIpc) is 2.09. The van der Waals surface area contributed by atoms with Crippen molar-refractivity contribution in [2.75, 3.05) is 6.61 Å². The molecule has 0 saturated carbocycles. The largest absolute Gasteiger partial charge is 0.468 e. The Morgan fingerprint density at radius 3 is 2.83 bits per heavy atom. The molecule has 12 heavy (non-hydrogen) atoms. The fraction of sp³-hybridized carbons (Fsp3) is 0.222. The van der Waals surface area contributed by atoms with Gasteiger partial charge in [-0.25, -0.2) is 4.39 Å². The van der Waals surface area contributed by atoms with Crippen molar-refractivity contribution >= 4 is 6.47 Å². The molecule has 1 rings (SSSR count). The Labute approximate surface area is 70.0 Å². The third kappa shape index (κ3) is 2.34. The molecule has 0 atom stereocenters. The Kier molecular flexibility index (Phi) is 3.26. The molecule has 0 amide bonds. The molecule has 0 aliphatic heterocycles. The summed E-state index contributed by atoms with van der Waals surface area (Å²) >= 11 is 0. The van der Waals surface area contributed by atoms with Gasteiger partial charge in [0, 0.05) is 6.42 Å². The lowest BCUT2D eigenvalue weighted by Gasteiger charge is -2.00. The average molecular weight is 168 g/mol. The zero-order valence-corrected chi connectivity index (χ0v) is 6.50. The second-order valence-corrected chi connectivity index (χ2v) is 2.31. The number of rotatable bonds is 4. The number of hydrogen-bond donors (Lipinski definition) is 0. The molecule has 0 heterocycles. The predicted octanol–water partition coefficient (Wildman–Crippen LogP) is 1.54. The van der Waals surface area contributed by atoms with E-state index in [0.29, 0.717) is 18.5 Å². The Hall–Kier alpha value is -1.38. The molecule has 0 saturated heterocycles. The van der Waals surface area contributed by atoms with Crippen LogP contribution >= 0.6 is 0 Å². The maximum absolute atomic E-state index is 12.9. The smallest absolute Gasteiger partial charge is 0.293 e. The lowest BCUT2D eigenvalue weighted by atomic mass is 10.1. The van der Waals surface area contributed by atoms with Gasteiger partial charge in [0.2, 0.25) is 0 Å². The van der Waals surface area contributed by atoms with E-state index < -0.39 is 0 Å². The molecule has 1 aromatic carbocycles. The Balaban J connectivity index is 2.51. The minimum Gasteiger partial charge on any atom is -0.468 e. The van der Waals surface area contributed by atoms with E-state index in [1.165, 1.54) is 6.07 Å². The summed E-state index contributed by atoms with van der Waals surface area (Å²) in [7, 11) is 0. The van der Waals surface area contributed by atoms with E-state index >= 15 is 0 Å². The molecule has 0 aliphatic carbocycles. The topological polar surface area (TPSA) is 26.3 Å². The maximum atomic E-state index is 12.9. The number of hydrogen-bond acceptors (Lipinski definition) is 2. The second kappa shape index (κ2) is 4.49. The minimum absolute atomic E-state index is 0.227. The monoisotopic (exact) mass is 168 g/mol. The van der Waals surface area contributed by atoms with E-state index in [1.54, 1.807) is 18.2 Å².